The van der Waals surface area contributed by atoms with E-state index in [9.17, 15) is 9.59 Å². The predicted octanol–water partition coefficient (Wildman–Crippen LogP) is 2.62. The quantitative estimate of drug-likeness (QED) is 0.249. The molecule has 4 nitrogen and oxygen atoms in total. The minimum Gasteiger partial charge on any atom is -1.00 e. The van der Waals surface area contributed by atoms with E-state index in [1.807, 2.05) is 0 Å². The van der Waals surface area contributed by atoms with Crippen LogP contribution in [0.15, 0.2) is 0 Å². The van der Waals surface area contributed by atoms with Crippen LogP contribution in [0, 0.1) is 11.8 Å². The number of aliphatic carboxylic acids is 2. The molecule has 0 aliphatic rings. The first kappa shape index (κ1) is 26.8. The SMILES string of the molecule is CCCCCCCCCCC(CCCC)CC(C(=O)O)C(=O)O.[H-].[K+]. The molecule has 138 valence electrons. The first-order valence-electron chi connectivity index (χ1n) is 9.48. The molecule has 0 aliphatic heterocycles. The van der Waals surface area contributed by atoms with E-state index in [0.29, 0.717) is 0 Å². The number of hydrogen-bond donors (Lipinski definition) is 2. The number of carbonyl (C=O) groups is 2. The van der Waals surface area contributed by atoms with Crippen LogP contribution in [0.5, 0.6) is 0 Å². The molecule has 0 aromatic heterocycles. The molecule has 5 heteroatoms. The van der Waals surface area contributed by atoms with Crippen LogP contribution in [0.2, 0.25) is 0 Å². The van der Waals surface area contributed by atoms with Gasteiger partial charge in [0.1, 0.15) is 0 Å². The molecule has 0 radical (unpaired) electrons. The van der Waals surface area contributed by atoms with Gasteiger partial charge < -0.3 is 11.6 Å². The maximum Gasteiger partial charge on any atom is 1.00 e. The Kier molecular flexibility index (Phi) is 20.5. The van der Waals surface area contributed by atoms with Crippen molar-refractivity contribution in [3.8, 4) is 0 Å². The molecule has 1 atom stereocenters. The van der Waals surface area contributed by atoms with Gasteiger partial charge in [-0.15, -0.1) is 0 Å². The largest absolute Gasteiger partial charge is 1.00 e. The van der Waals surface area contributed by atoms with E-state index >= 15 is 0 Å². The minimum atomic E-state index is -1.24. The molecular weight excluding hydrogens is 331 g/mol. The third-order valence-corrected chi connectivity index (χ3v) is 4.60. The third-order valence-electron chi connectivity index (χ3n) is 4.60. The van der Waals surface area contributed by atoms with Gasteiger partial charge in [0.05, 0.1) is 0 Å². The second kappa shape index (κ2) is 18.4. The molecule has 0 amide bonds. The monoisotopic (exact) mass is 368 g/mol. The van der Waals surface area contributed by atoms with E-state index in [2.05, 4.69) is 13.8 Å². The van der Waals surface area contributed by atoms with Crippen LogP contribution in [-0.4, -0.2) is 22.2 Å². The van der Waals surface area contributed by atoms with Crippen LogP contribution >= 0.6 is 0 Å². The molecule has 0 rings (SSSR count). The van der Waals surface area contributed by atoms with Gasteiger partial charge in [-0.1, -0.05) is 90.9 Å². The summed E-state index contributed by atoms with van der Waals surface area (Å²) >= 11 is 0. The fourth-order valence-electron chi connectivity index (χ4n) is 3.08. The Balaban J connectivity index is -0.00000242. The number of carboxylic acid groups (broad SMARTS) is 2. The number of hydrogen-bond acceptors (Lipinski definition) is 2. The molecule has 0 aromatic rings. The van der Waals surface area contributed by atoms with Gasteiger partial charge in [-0.2, -0.15) is 0 Å². The van der Waals surface area contributed by atoms with Crippen molar-refractivity contribution >= 4 is 11.9 Å². The second-order valence-electron chi connectivity index (χ2n) is 6.74. The summed E-state index contributed by atoms with van der Waals surface area (Å²) in [6.45, 7) is 4.33. The van der Waals surface area contributed by atoms with Crippen molar-refractivity contribution < 1.29 is 72.6 Å². The Morgan fingerprint density at radius 2 is 1.17 bits per heavy atom. The topological polar surface area (TPSA) is 74.6 Å². The van der Waals surface area contributed by atoms with Gasteiger partial charge in [0.25, 0.3) is 0 Å². The van der Waals surface area contributed by atoms with Crippen LogP contribution in [0.4, 0.5) is 0 Å². The van der Waals surface area contributed by atoms with Crippen LogP contribution in [0.25, 0.3) is 0 Å². The first-order valence-corrected chi connectivity index (χ1v) is 9.48. The zero-order chi connectivity index (χ0) is 17.5. The fourth-order valence-corrected chi connectivity index (χ4v) is 3.08. The van der Waals surface area contributed by atoms with Gasteiger partial charge in [0, 0.05) is 0 Å². The summed E-state index contributed by atoms with van der Waals surface area (Å²) in [7, 11) is 0. The van der Waals surface area contributed by atoms with Crippen molar-refractivity contribution in [3.63, 3.8) is 0 Å². The zero-order valence-electron chi connectivity index (χ0n) is 17.1. The van der Waals surface area contributed by atoms with E-state index in [1.54, 1.807) is 0 Å². The Morgan fingerprint density at radius 1 is 0.750 bits per heavy atom. The van der Waals surface area contributed by atoms with E-state index in [4.69, 9.17) is 10.2 Å². The molecule has 0 aromatic carbocycles. The van der Waals surface area contributed by atoms with E-state index in [0.717, 1.165) is 32.1 Å². The van der Waals surface area contributed by atoms with Gasteiger partial charge in [-0.05, 0) is 12.3 Å². The molecule has 0 spiro atoms. The summed E-state index contributed by atoms with van der Waals surface area (Å²) < 4.78 is 0. The molecule has 0 heterocycles. The fraction of sp³-hybridized carbons (Fsp3) is 0.895. The summed E-state index contributed by atoms with van der Waals surface area (Å²) in [5.74, 6) is -3.41. The van der Waals surface area contributed by atoms with Crippen LogP contribution in [0.1, 0.15) is 98.7 Å². The number of unbranched alkanes of at least 4 members (excludes halogenated alkanes) is 8. The van der Waals surface area contributed by atoms with Gasteiger partial charge >= 0.3 is 63.3 Å². The Bertz CT molecular complexity index is 313. The van der Waals surface area contributed by atoms with Crippen LogP contribution < -0.4 is 51.4 Å². The normalized spacial score (nSPS) is 12.0. The molecule has 2 N–H and O–H groups in total. The van der Waals surface area contributed by atoms with Crippen molar-refractivity contribution in [3.05, 3.63) is 0 Å². The number of rotatable bonds is 16. The summed E-state index contributed by atoms with van der Waals surface area (Å²) in [6, 6.07) is 0. The molecule has 24 heavy (non-hydrogen) atoms. The predicted molar refractivity (Wildman–Crippen MR) is 94.7 cm³/mol. The molecule has 0 saturated heterocycles. The zero-order valence-corrected chi connectivity index (χ0v) is 19.2. The van der Waals surface area contributed by atoms with E-state index < -0.39 is 17.9 Å². The van der Waals surface area contributed by atoms with Crippen LogP contribution in [-0.2, 0) is 9.59 Å². The number of carboxylic acids is 2. The van der Waals surface area contributed by atoms with Crippen LogP contribution in [0.3, 0.4) is 0 Å². The van der Waals surface area contributed by atoms with Crippen molar-refractivity contribution in [2.24, 2.45) is 11.8 Å². The minimum absolute atomic E-state index is 0. The smallest absolute Gasteiger partial charge is 1.00 e. The second-order valence-corrected chi connectivity index (χ2v) is 6.74. The van der Waals surface area contributed by atoms with Crippen molar-refractivity contribution in [1.82, 2.24) is 0 Å². The van der Waals surface area contributed by atoms with Gasteiger partial charge in [0.15, 0.2) is 5.92 Å². The van der Waals surface area contributed by atoms with Gasteiger partial charge in [-0.25, -0.2) is 0 Å². The van der Waals surface area contributed by atoms with E-state index in [1.165, 1.54) is 44.9 Å². The Hall–Kier alpha value is 0.576. The Labute approximate surface area is 192 Å². The Morgan fingerprint density at radius 3 is 1.62 bits per heavy atom. The summed E-state index contributed by atoms with van der Waals surface area (Å²) in [4.78, 5) is 22.1. The summed E-state index contributed by atoms with van der Waals surface area (Å²) in [6.07, 6.45) is 14.3. The molecule has 0 fully saturated rings. The van der Waals surface area contributed by atoms with Gasteiger partial charge in [-0.3, -0.25) is 9.59 Å². The molecule has 0 saturated carbocycles. The molecule has 1 unspecified atom stereocenters. The maximum absolute atomic E-state index is 11.1. The first-order chi connectivity index (χ1) is 11.0. The standard InChI is InChI=1S/C19H36O4.K.H/c1-3-5-7-8-9-10-11-12-14-16(13-6-4-2)15-17(18(20)21)19(22)23;;/h16-17H,3-15H2,1-2H3,(H,20,21)(H,22,23);;/q;+1;-1. The average Bonchev–Trinajstić information content (AvgIpc) is 2.50. The molecule has 0 aliphatic carbocycles. The van der Waals surface area contributed by atoms with E-state index in [-0.39, 0.29) is 65.1 Å². The van der Waals surface area contributed by atoms with Crippen molar-refractivity contribution in [2.45, 2.75) is 97.3 Å². The molecule has 0 bridgehead atoms. The average molecular weight is 369 g/mol. The maximum atomic E-state index is 11.1. The summed E-state index contributed by atoms with van der Waals surface area (Å²) in [5.41, 5.74) is 0. The van der Waals surface area contributed by atoms with Crippen molar-refractivity contribution in [1.29, 1.82) is 0 Å². The van der Waals surface area contributed by atoms with Crippen molar-refractivity contribution in [2.75, 3.05) is 0 Å². The molecular formula is C19H37KO4. The van der Waals surface area contributed by atoms with Gasteiger partial charge in [0.2, 0.25) is 0 Å². The summed E-state index contributed by atoms with van der Waals surface area (Å²) in [5, 5.41) is 18.1. The third kappa shape index (κ3) is 14.9.